The molecule has 130 valence electrons. The molecule has 0 saturated heterocycles. The molecule has 24 heavy (non-hydrogen) atoms. The molecule has 0 bridgehead atoms. The van der Waals surface area contributed by atoms with Crippen molar-refractivity contribution in [2.45, 2.75) is 25.5 Å². The van der Waals surface area contributed by atoms with Crippen molar-refractivity contribution in [3.63, 3.8) is 0 Å². The van der Waals surface area contributed by atoms with Gasteiger partial charge < -0.3 is 14.6 Å². The van der Waals surface area contributed by atoms with Crippen molar-refractivity contribution in [3.05, 3.63) is 62.7 Å². The summed E-state index contributed by atoms with van der Waals surface area (Å²) in [6, 6.07) is 11.6. The van der Waals surface area contributed by atoms with E-state index in [1.54, 1.807) is 25.3 Å². The van der Waals surface area contributed by atoms with Crippen LogP contribution in [-0.2, 0) is 18.0 Å². The van der Waals surface area contributed by atoms with Crippen molar-refractivity contribution in [3.8, 4) is 5.75 Å². The fourth-order valence-corrected chi connectivity index (χ4v) is 2.83. The van der Waals surface area contributed by atoms with E-state index in [9.17, 15) is 18.3 Å². The third-order valence-corrected chi connectivity index (χ3v) is 4.44. The van der Waals surface area contributed by atoms with Crippen LogP contribution in [0.1, 0.15) is 22.8 Å². The highest BCUT2D eigenvalue weighted by molar-refractivity contribution is 14.1. The van der Waals surface area contributed by atoms with Gasteiger partial charge in [0.2, 0.25) is 0 Å². The molecule has 2 aromatic carbocycles. The predicted molar refractivity (Wildman–Crippen MR) is 91.7 cm³/mol. The lowest BCUT2D eigenvalue weighted by atomic mass is 10.0. The lowest BCUT2D eigenvalue weighted by Gasteiger charge is -2.19. The minimum Gasteiger partial charge on any atom is -0.497 e. The summed E-state index contributed by atoms with van der Waals surface area (Å²) >= 11 is 1.94. The molecule has 0 spiro atoms. The van der Waals surface area contributed by atoms with E-state index in [2.05, 4.69) is 0 Å². The van der Waals surface area contributed by atoms with Crippen molar-refractivity contribution < 1.29 is 27.8 Å². The molecule has 0 aliphatic rings. The van der Waals surface area contributed by atoms with Gasteiger partial charge in [-0.25, -0.2) is 0 Å². The number of hydrogen-bond donors (Lipinski definition) is 1. The zero-order valence-electron chi connectivity index (χ0n) is 12.8. The molecule has 0 heterocycles. The van der Waals surface area contributed by atoms with Crippen LogP contribution in [0.4, 0.5) is 13.2 Å². The first kappa shape index (κ1) is 19.0. The average Bonchev–Trinajstić information content (AvgIpc) is 2.55. The van der Waals surface area contributed by atoms with Crippen LogP contribution in [0.5, 0.6) is 5.75 Å². The zero-order chi connectivity index (χ0) is 17.7. The van der Waals surface area contributed by atoms with E-state index in [1.807, 2.05) is 34.7 Å². The summed E-state index contributed by atoms with van der Waals surface area (Å²) < 4.78 is 49.6. The van der Waals surface area contributed by atoms with Crippen LogP contribution in [0.2, 0.25) is 0 Å². The first-order valence-electron chi connectivity index (χ1n) is 7.05. The van der Waals surface area contributed by atoms with Crippen LogP contribution in [0, 0.1) is 3.57 Å². The molecule has 0 saturated carbocycles. The maximum Gasteiger partial charge on any atom is 0.418 e. The van der Waals surface area contributed by atoms with Crippen LogP contribution in [-0.4, -0.2) is 18.4 Å². The summed E-state index contributed by atoms with van der Waals surface area (Å²) in [5.41, 5.74) is 1.04. The van der Waals surface area contributed by atoms with E-state index in [1.165, 1.54) is 12.1 Å². The Morgan fingerprint density at radius 1 is 1.08 bits per heavy atom. The summed E-state index contributed by atoms with van der Waals surface area (Å²) in [5.74, 6) is 0.715. The SMILES string of the molecule is COc1ccc(COCc2c(I)cccc2C(O)C(F)(F)F)cc1. The Labute approximate surface area is 151 Å². The number of aliphatic hydroxyl groups is 1. The van der Waals surface area contributed by atoms with E-state index in [4.69, 9.17) is 9.47 Å². The van der Waals surface area contributed by atoms with Crippen LogP contribution < -0.4 is 4.74 Å². The molecule has 0 fully saturated rings. The fourth-order valence-electron chi connectivity index (χ4n) is 2.15. The molecule has 0 aliphatic carbocycles. The second-order valence-electron chi connectivity index (χ2n) is 5.09. The Bertz CT molecular complexity index is 672. The summed E-state index contributed by atoms with van der Waals surface area (Å²) in [4.78, 5) is 0. The topological polar surface area (TPSA) is 38.7 Å². The lowest BCUT2D eigenvalue weighted by Crippen LogP contribution is -2.22. The number of ether oxygens (including phenoxy) is 2. The van der Waals surface area contributed by atoms with Gasteiger partial charge in [0.25, 0.3) is 0 Å². The molecule has 1 unspecified atom stereocenters. The number of benzene rings is 2. The number of hydrogen-bond acceptors (Lipinski definition) is 3. The normalized spacial score (nSPS) is 12.9. The van der Waals surface area contributed by atoms with Crippen LogP contribution in [0.25, 0.3) is 0 Å². The molecule has 2 rings (SSSR count). The van der Waals surface area contributed by atoms with Crippen molar-refractivity contribution in [1.82, 2.24) is 0 Å². The number of halogens is 4. The van der Waals surface area contributed by atoms with Gasteiger partial charge in [-0.3, -0.25) is 0 Å². The zero-order valence-corrected chi connectivity index (χ0v) is 15.0. The number of alkyl halides is 3. The van der Waals surface area contributed by atoms with E-state index in [0.717, 1.165) is 5.56 Å². The average molecular weight is 452 g/mol. The smallest absolute Gasteiger partial charge is 0.418 e. The maximum absolute atomic E-state index is 12.8. The maximum atomic E-state index is 12.8. The molecule has 0 aliphatic heterocycles. The summed E-state index contributed by atoms with van der Waals surface area (Å²) in [6.07, 6.45) is -7.23. The van der Waals surface area contributed by atoms with Gasteiger partial charge in [-0.15, -0.1) is 0 Å². The molecule has 0 amide bonds. The molecular formula is C17H16F3IO3. The minimum absolute atomic E-state index is 0.0202. The first-order chi connectivity index (χ1) is 11.3. The van der Waals surface area contributed by atoms with E-state index in [-0.39, 0.29) is 18.8 Å². The quantitative estimate of drug-likeness (QED) is 0.651. The Morgan fingerprint density at radius 3 is 2.33 bits per heavy atom. The fraction of sp³-hybridized carbons (Fsp3) is 0.294. The van der Waals surface area contributed by atoms with Gasteiger partial charge in [0.1, 0.15) is 5.75 Å². The van der Waals surface area contributed by atoms with Gasteiger partial charge in [0, 0.05) is 3.57 Å². The summed E-state index contributed by atoms with van der Waals surface area (Å²) in [7, 11) is 1.57. The summed E-state index contributed by atoms with van der Waals surface area (Å²) in [6.45, 7) is 0.226. The van der Waals surface area contributed by atoms with Gasteiger partial charge in [0.05, 0.1) is 20.3 Å². The first-order valence-corrected chi connectivity index (χ1v) is 8.13. The standard InChI is InChI=1S/C17H16F3IO3/c1-23-12-7-5-11(6-8-12)9-24-10-14-13(3-2-4-15(14)21)16(22)17(18,19)20/h2-8,16,22H,9-10H2,1H3. The Kier molecular flexibility index (Phi) is 6.47. The van der Waals surface area contributed by atoms with Gasteiger partial charge >= 0.3 is 6.18 Å². The Morgan fingerprint density at radius 2 is 1.75 bits per heavy atom. The van der Waals surface area contributed by atoms with Gasteiger partial charge in [-0.2, -0.15) is 13.2 Å². The minimum atomic E-state index is -4.71. The molecule has 0 aromatic heterocycles. The van der Waals surface area contributed by atoms with Crippen molar-refractivity contribution in [2.24, 2.45) is 0 Å². The van der Waals surface area contributed by atoms with Gasteiger partial charge in [-0.05, 0) is 57.5 Å². The van der Waals surface area contributed by atoms with Crippen LogP contribution >= 0.6 is 22.6 Å². The van der Waals surface area contributed by atoms with Crippen LogP contribution in [0.15, 0.2) is 42.5 Å². The Balaban J connectivity index is 2.08. The van der Waals surface area contributed by atoms with E-state index >= 15 is 0 Å². The molecule has 2 aromatic rings. The second kappa shape index (κ2) is 8.17. The van der Waals surface area contributed by atoms with Crippen molar-refractivity contribution in [1.29, 1.82) is 0 Å². The molecular weight excluding hydrogens is 436 g/mol. The number of methoxy groups -OCH3 is 1. The van der Waals surface area contributed by atoms with Gasteiger partial charge in [0.15, 0.2) is 6.10 Å². The molecule has 3 nitrogen and oxygen atoms in total. The highest BCUT2D eigenvalue weighted by Crippen LogP contribution is 2.35. The van der Waals surface area contributed by atoms with E-state index in [0.29, 0.717) is 14.9 Å². The highest BCUT2D eigenvalue weighted by atomic mass is 127. The largest absolute Gasteiger partial charge is 0.497 e. The van der Waals surface area contributed by atoms with Crippen molar-refractivity contribution in [2.75, 3.05) is 7.11 Å². The molecule has 1 N–H and O–H groups in total. The Hall–Kier alpha value is -1.32. The van der Waals surface area contributed by atoms with Crippen molar-refractivity contribution >= 4 is 22.6 Å². The number of rotatable bonds is 6. The van der Waals surface area contributed by atoms with Crippen LogP contribution in [0.3, 0.4) is 0 Å². The summed E-state index contributed by atoms with van der Waals surface area (Å²) in [5, 5.41) is 9.54. The van der Waals surface area contributed by atoms with Gasteiger partial charge in [-0.1, -0.05) is 24.3 Å². The highest BCUT2D eigenvalue weighted by Gasteiger charge is 2.40. The predicted octanol–water partition coefficient (Wildman–Crippen LogP) is 4.61. The number of aliphatic hydroxyl groups excluding tert-OH is 1. The third-order valence-electron chi connectivity index (χ3n) is 3.43. The molecule has 7 heteroatoms. The second-order valence-corrected chi connectivity index (χ2v) is 6.25. The third kappa shape index (κ3) is 4.84. The van der Waals surface area contributed by atoms with E-state index < -0.39 is 12.3 Å². The molecule has 0 radical (unpaired) electrons. The molecule has 1 atom stereocenters. The monoisotopic (exact) mass is 452 g/mol. The lowest BCUT2D eigenvalue weighted by molar-refractivity contribution is -0.207.